The Morgan fingerprint density at radius 1 is 0.208 bits per heavy atom. The number of pyridine rings is 4. The van der Waals surface area contributed by atoms with Gasteiger partial charge in [0.05, 0.1) is 131 Å². The summed E-state index contributed by atoms with van der Waals surface area (Å²) in [5, 5.41) is -1.26. The number of para-hydroxylation sites is 8. The summed E-state index contributed by atoms with van der Waals surface area (Å²) in [6.07, 6.45) is 0. The van der Waals surface area contributed by atoms with Crippen LogP contribution in [0.2, 0.25) is 0 Å². The molecule has 16 rings (SSSR count). The van der Waals surface area contributed by atoms with Gasteiger partial charge in [-0.2, -0.15) is 9.35 Å². The van der Waals surface area contributed by atoms with Crippen molar-refractivity contribution in [1.82, 2.24) is 59.2 Å². The monoisotopic (exact) mass is 946 g/mol. The highest BCUT2D eigenvalue weighted by molar-refractivity contribution is 6.39. The molecule has 0 amide bonds. The van der Waals surface area contributed by atoms with E-state index in [0.717, 1.165) is 0 Å². The van der Waals surface area contributed by atoms with Crippen molar-refractivity contribution >= 4 is 153 Å². The summed E-state index contributed by atoms with van der Waals surface area (Å²) in [7, 11) is 0. The van der Waals surface area contributed by atoms with Gasteiger partial charge in [-0.05, 0) is 48.5 Å². The summed E-state index contributed by atoms with van der Waals surface area (Å²) in [5.41, 5.74) is -3.32. The second-order valence-electron chi connectivity index (χ2n) is 18.1. The molecule has 20 nitrogen and oxygen atoms in total. The molecule has 0 aliphatic heterocycles. The van der Waals surface area contributed by atoms with Crippen molar-refractivity contribution in [2.45, 2.75) is 0 Å². The molecule has 0 unspecified atom stereocenters. The van der Waals surface area contributed by atoms with Crippen LogP contribution < -0.4 is 44.5 Å². The van der Waals surface area contributed by atoms with E-state index in [1.807, 2.05) is 0 Å². The van der Waals surface area contributed by atoms with Crippen LogP contribution in [0.15, 0.2) is 135 Å². The molecule has 0 fully saturated rings. The molecule has 20 heteroatoms. The first-order chi connectivity index (χ1) is 35.0. The lowest BCUT2D eigenvalue weighted by molar-refractivity contribution is 0.582. The van der Waals surface area contributed by atoms with Crippen molar-refractivity contribution in [3.8, 4) is 0 Å². The Balaban J connectivity index is 1.24. The fourth-order valence-corrected chi connectivity index (χ4v) is 11.6. The number of hydrogen-bond donors (Lipinski definition) is 10. The number of nitrogens with one attached hydrogen (secondary N) is 10. The fourth-order valence-electron chi connectivity index (χ4n) is 11.6. The molecule has 0 aliphatic carbocycles. The highest BCUT2D eigenvalue weighted by atomic mass is 16.2. The first-order valence-corrected chi connectivity index (χ1v) is 22.5. The van der Waals surface area contributed by atoms with Crippen LogP contribution in [0.25, 0.3) is 153 Å². The molecule has 342 valence electrons. The topological polar surface area (TPSA) is 304 Å². The zero-order chi connectivity index (χ0) is 48.3. The minimum Gasteiger partial charge on any atom is -0.351 e. The van der Waals surface area contributed by atoms with Crippen LogP contribution in [-0.2, 0) is 0 Å². The van der Waals surface area contributed by atoms with Crippen LogP contribution in [-0.4, -0.2) is 59.2 Å². The highest BCUT2D eigenvalue weighted by Crippen LogP contribution is 2.41. The minimum atomic E-state index is -1.15. The van der Waals surface area contributed by atoms with Gasteiger partial charge in [0, 0.05) is 21.5 Å². The van der Waals surface area contributed by atoms with Gasteiger partial charge >= 0.3 is 0 Å². The minimum absolute atomic E-state index is 0.00940. The molecule has 0 saturated carbocycles. The molecule has 8 aromatic carbocycles. The van der Waals surface area contributed by atoms with Crippen molar-refractivity contribution in [3.63, 3.8) is 0 Å². The Kier molecular flexibility index (Phi) is 6.72. The quantitative estimate of drug-likeness (QED) is 0.0695. The first kappa shape index (κ1) is 38.2. The largest absolute Gasteiger partial charge is 0.351 e. The third-order valence-corrected chi connectivity index (χ3v) is 14.5. The van der Waals surface area contributed by atoms with Gasteiger partial charge in [0.2, 0.25) is 0 Å². The summed E-state index contributed by atoms with van der Waals surface area (Å²) < 4.78 is 0.987. The van der Waals surface area contributed by atoms with E-state index in [4.69, 9.17) is 0 Å². The Hall–Kier alpha value is -10.8. The molecule has 0 spiro atoms. The van der Waals surface area contributed by atoms with E-state index >= 15 is 19.2 Å². The van der Waals surface area contributed by atoms with E-state index in [9.17, 15) is 19.2 Å². The lowest BCUT2D eigenvalue weighted by Crippen LogP contribution is -2.49. The second kappa shape index (κ2) is 12.7. The molecule has 0 radical (unpaired) electrons. The van der Waals surface area contributed by atoms with E-state index in [-0.39, 0.29) is 109 Å². The summed E-state index contributed by atoms with van der Waals surface area (Å²) in [4.78, 5) is 153. The highest BCUT2D eigenvalue weighted by Gasteiger charge is 2.32. The standard InChI is InChI=1S/C52H26N12O8/c65-45-29-25-27-33(41-37(29)53-17-9-1-5-13-21(17)57-41)49(69)63(50(70)34(27)42-38(30(25)46(66)61-45)54-18-10-2-6-14-22(18)58-42)64-51(71)35-28-26-31(39-43(35)59-23-15-7-3-11-19(23)55-39)47(67)62-48(68)32(26)40-44(36(28)52(64)72)60-24-16-8-4-12-20(24)56-40/h1-16,53-60H,(H,61,65,66)(H,62,67,68). The van der Waals surface area contributed by atoms with E-state index in [2.05, 4.69) is 49.8 Å². The van der Waals surface area contributed by atoms with E-state index in [1.165, 1.54) is 0 Å². The third kappa shape index (κ3) is 4.42. The van der Waals surface area contributed by atoms with Crippen molar-refractivity contribution in [2.75, 3.05) is 0 Å². The third-order valence-electron chi connectivity index (χ3n) is 14.5. The van der Waals surface area contributed by atoms with Crippen molar-refractivity contribution in [1.29, 1.82) is 0 Å². The summed E-state index contributed by atoms with van der Waals surface area (Å²) >= 11 is 0. The summed E-state index contributed by atoms with van der Waals surface area (Å²) in [5.74, 6) is 0. The molecule has 0 saturated heterocycles. The van der Waals surface area contributed by atoms with Crippen molar-refractivity contribution < 1.29 is 0 Å². The predicted octanol–water partition coefficient (Wildman–Crippen LogP) is 5.91. The van der Waals surface area contributed by atoms with Gasteiger partial charge in [0.15, 0.2) is 0 Å². The summed E-state index contributed by atoms with van der Waals surface area (Å²) in [6, 6.07) is 28.0. The second-order valence-corrected chi connectivity index (χ2v) is 18.1. The van der Waals surface area contributed by atoms with Crippen LogP contribution in [0.4, 0.5) is 0 Å². The molecular formula is C52H26N12O8. The van der Waals surface area contributed by atoms with Crippen LogP contribution in [0, 0.1) is 0 Å². The lowest BCUT2D eigenvalue weighted by atomic mass is 9.93. The lowest BCUT2D eigenvalue weighted by Gasteiger charge is -2.20. The number of rotatable bonds is 1. The molecular weight excluding hydrogens is 921 g/mol. The molecule has 8 heterocycles. The molecule has 0 aliphatic rings. The molecule has 0 atom stereocenters. The zero-order valence-electron chi connectivity index (χ0n) is 36.4. The fraction of sp³-hybridized carbons (Fsp3) is 0. The van der Waals surface area contributed by atoms with Crippen molar-refractivity contribution in [2.24, 2.45) is 0 Å². The van der Waals surface area contributed by atoms with Gasteiger partial charge < -0.3 is 39.9 Å². The molecule has 0 bridgehead atoms. The van der Waals surface area contributed by atoms with Crippen LogP contribution in [0.1, 0.15) is 0 Å². The van der Waals surface area contributed by atoms with Crippen LogP contribution >= 0.6 is 0 Å². The average molecular weight is 947 g/mol. The maximum absolute atomic E-state index is 16.1. The number of aromatic nitrogens is 12. The summed E-state index contributed by atoms with van der Waals surface area (Å²) in [6.45, 7) is 0. The smallest absolute Gasteiger partial charge is 0.283 e. The Bertz CT molecular complexity index is 5160. The van der Waals surface area contributed by atoms with Crippen LogP contribution in [0.5, 0.6) is 0 Å². The molecule has 72 heavy (non-hydrogen) atoms. The zero-order valence-corrected chi connectivity index (χ0v) is 36.4. The number of aromatic amines is 10. The number of H-pyrrole nitrogens is 10. The van der Waals surface area contributed by atoms with E-state index < -0.39 is 44.5 Å². The number of hydrogen-bond acceptors (Lipinski definition) is 8. The SMILES string of the molecule is O=c1[nH]c(=O)c2c3[nH]c4ccccc4[nH]c3c3c(=O)n(-n4c(=O)c5c6[nH]c7ccccc7[nH]c6c6c(=O)[nH]c(=O)c7c8[nH]c9ccccc9[nH]c8c(c4=O)c5c67)c(=O)c4c5[nH]c6ccccc6[nH]c5c1c2c43. The maximum atomic E-state index is 16.1. The van der Waals surface area contributed by atoms with Gasteiger partial charge in [0.25, 0.3) is 44.5 Å². The average Bonchev–Trinajstić information content (AvgIpc) is 3.38. The maximum Gasteiger partial charge on any atom is 0.283 e. The van der Waals surface area contributed by atoms with Crippen LogP contribution in [0.3, 0.4) is 0 Å². The van der Waals surface area contributed by atoms with Gasteiger partial charge in [-0.3, -0.25) is 48.3 Å². The molecule has 8 aromatic heterocycles. The first-order valence-electron chi connectivity index (χ1n) is 22.5. The number of fused-ring (bicyclic) bond motifs is 16. The van der Waals surface area contributed by atoms with Gasteiger partial charge in [0.1, 0.15) is 0 Å². The predicted molar refractivity (Wildman–Crippen MR) is 278 cm³/mol. The van der Waals surface area contributed by atoms with Gasteiger partial charge in [-0.1, -0.05) is 48.5 Å². The normalized spacial score (nSPS) is 12.6. The Morgan fingerprint density at radius 3 is 0.569 bits per heavy atom. The number of nitrogens with zero attached hydrogens (tertiary/aromatic N) is 2. The molecule has 10 N–H and O–H groups in total. The van der Waals surface area contributed by atoms with Gasteiger partial charge in [-0.15, -0.1) is 0 Å². The van der Waals surface area contributed by atoms with E-state index in [1.54, 1.807) is 97.1 Å². The Morgan fingerprint density at radius 2 is 0.375 bits per heavy atom. The van der Waals surface area contributed by atoms with E-state index in [0.29, 0.717) is 53.5 Å². The number of benzene rings is 8. The van der Waals surface area contributed by atoms with Gasteiger partial charge in [-0.25, -0.2) is 0 Å². The van der Waals surface area contributed by atoms with Crippen molar-refractivity contribution in [3.05, 3.63) is 180 Å². The Labute approximate surface area is 390 Å². The molecule has 16 aromatic rings.